The van der Waals surface area contributed by atoms with E-state index in [0.717, 1.165) is 6.08 Å². The quantitative estimate of drug-likeness (QED) is 0.635. The number of hydrogen-bond donors (Lipinski definition) is 1. The van der Waals surface area contributed by atoms with Crippen molar-refractivity contribution in [2.24, 2.45) is 0 Å². The first kappa shape index (κ1) is 16.0. The average molecular weight is 299 g/mol. The van der Waals surface area contributed by atoms with Crippen LogP contribution in [0.2, 0.25) is 0 Å². The van der Waals surface area contributed by atoms with Crippen LogP contribution >= 0.6 is 0 Å². The molecule has 6 nitrogen and oxygen atoms in total. The summed E-state index contributed by atoms with van der Waals surface area (Å²) in [4.78, 5) is 11.3. The summed E-state index contributed by atoms with van der Waals surface area (Å²) >= 11 is 0. The molecule has 1 N–H and O–H groups in total. The van der Waals surface area contributed by atoms with Crippen LogP contribution in [-0.2, 0) is 19.6 Å². The van der Waals surface area contributed by atoms with Gasteiger partial charge in [0.1, 0.15) is 5.75 Å². The summed E-state index contributed by atoms with van der Waals surface area (Å²) in [5.41, 5.74) is 0.180. The maximum atomic E-state index is 12.0. The number of ether oxygens (including phenoxy) is 2. The third-order valence-electron chi connectivity index (χ3n) is 2.29. The summed E-state index contributed by atoms with van der Waals surface area (Å²) in [5, 5.41) is 0. The van der Waals surface area contributed by atoms with Crippen molar-refractivity contribution >= 4 is 16.0 Å². The highest BCUT2D eigenvalue weighted by Crippen LogP contribution is 2.15. The minimum atomic E-state index is -3.73. The number of carbonyl (C=O) groups is 1. The van der Waals surface area contributed by atoms with Gasteiger partial charge < -0.3 is 9.47 Å². The Bertz CT molecular complexity index is 590. The largest absolute Gasteiger partial charge is 0.497 e. The molecule has 0 heterocycles. The predicted octanol–water partition coefficient (Wildman–Crippen LogP) is 1.44. The van der Waals surface area contributed by atoms with Gasteiger partial charge in [-0.1, -0.05) is 0 Å². The van der Waals surface area contributed by atoms with Crippen LogP contribution in [0.25, 0.3) is 0 Å². The second-order valence-corrected chi connectivity index (χ2v) is 5.54. The van der Waals surface area contributed by atoms with Crippen molar-refractivity contribution in [3.63, 3.8) is 0 Å². The first-order valence-electron chi connectivity index (χ1n) is 5.91. The van der Waals surface area contributed by atoms with Crippen molar-refractivity contribution in [1.82, 2.24) is 4.72 Å². The molecule has 0 atom stereocenters. The van der Waals surface area contributed by atoms with Gasteiger partial charge in [-0.2, -0.15) is 0 Å². The Morgan fingerprint density at radius 2 is 1.90 bits per heavy atom. The number of carbonyl (C=O) groups excluding carboxylic acids is 1. The van der Waals surface area contributed by atoms with Crippen LogP contribution in [0.3, 0.4) is 0 Å². The molecule has 0 radical (unpaired) electrons. The third-order valence-corrected chi connectivity index (χ3v) is 3.77. The smallest absolute Gasteiger partial charge is 0.332 e. The van der Waals surface area contributed by atoms with Crippen molar-refractivity contribution in [1.29, 1.82) is 0 Å². The van der Waals surface area contributed by atoms with Gasteiger partial charge in [-0.3, -0.25) is 4.72 Å². The van der Waals surface area contributed by atoms with E-state index < -0.39 is 16.0 Å². The fourth-order valence-corrected chi connectivity index (χ4v) is 2.51. The Morgan fingerprint density at radius 1 is 1.30 bits per heavy atom. The molecule has 0 spiro atoms. The predicted molar refractivity (Wildman–Crippen MR) is 73.7 cm³/mol. The minimum Gasteiger partial charge on any atom is -0.497 e. The van der Waals surface area contributed by atoms with Crippen molar-refractivity contribution in [3.05, 3.63) is 36.0 Å². The van der Waals surface area contributed by atoms with Gasteiger partial charge in [0.05, 0.1) is 18.6 Å². The number of methoxy groups -OCH3 is 1. The van der Waals surface area contributed by atoms with E-state index in [1.54, 1.807) is 19.1 Å². The first-order valence-corrected chi connectivity index (χ1v) is 7.39. The average Bonchev–Trinajstić information content (AvgIpc) is 2.38. The Hall–Kier alpha value is -2.02. The molecule has 110 valence electrons. The van der Waals surface area contributed by atoms with E-state index in [9.17, 15) is 13.2 Å². The van der Waals surface area contributed by atoms with Gasteiger partial charge in [0, 0.05) is 11.8 Å². The van der Waals surface area contributed by atoms with Crippen LogP contribution in [0, 0.1) is 0 Å². The molecule has 0 amide bonds. The molecule has 1 aromatic rings. The van der Waals surface area contributed by atoms with Crippen LogP contribution < -0.4 is 9.46 Å². The van der Waals surface area contributed by atoms with Crippen molar-refractivity contribution in [2.45, 2.75) is 18.7 Å². The molecule has 0 saturated heterocycles. The standard InChI is InChI=1S/C13H17NO5S/c1-4-19-13(15)9-10(2)14-20(16,17)12-7-5-11(18-3)6-8-12/h5-9,14H,4H2,1-3H3/b10-9+. The number of esters is 1. The van der Waals surface area contributed by atoms with Crippen LogP contribution in [0.15, 0.2) is 40.9 Å². The lowest BCUT2D eigenvalue weighted by atomic mass is 10.3. The van der Waals surface area contributed by atoms with E-state index in [-0.39, 0.29) is 17.2 Å². The molecule has 0 unspecified atom stereocenters. The van der Waals surface area contributed by atoms with Crippen molar-refractivity contribution in [3.8, 4) is 5.75 Å². The summed E-state index contributed by atoms with van der Waals surface area (Å²) in [6, 6.07) is 5.91. The van der Waals surface area contributed by atoms with Gasteiger partial charge in [-0.15, -0.1) is 0 Å². The summed E-state index contributed by atoms with van der Waals surface area (Å²) in [6.45, 7) is 3.37. The molecule has 0 fully saturated rings. The molecule has 1 rings (SSSR count). The Morgan fingerprint density at radius 3 is 2.40 bits per heavy atom. The van der Waals surface area contributed by atoms with Gasteiger partial charge in [0.2, 0.25) is 0 Å². The lowest BCUT2D eigenvalue weighted by Gasteiger charge is -2.08. The lowest BCUT2D eigenvalue weighted by molar-refractivity contribution is -0.137. The molecule has 1 aromatic carbocycles. The number of rotatable bonds is 6. The molecule has 20 heavy (non-hydrogen) atoms. The molecule has 0 aliphatic carbocycles. The number of benzene rings is 1. The highest BCUT2D eigenvalue weighted by molar-refractivity contribution is 7.89. The summed E-state index contributed by atoms with van der Waals surface area (Å²) in [6.07, 6.45) is 1.09. The van der Waals surface area contributed by atoms with Gasteiger partial charge in [0.15, 0.2) is 0 Å². The maximum Gasteiger partial charge on any atom is 0.332 e. The van der Waals surface area contributed by atoms with Crippen molar-refractivity contribution in [2.75, 3.05) is 13.7 Å². The van der Waals surface area contributed by atoms with E-state index >= 15 is 0 Å². The molecule has 0 saturated carbocycles. The first-order chi connectivity index (χ1) is 9.39. The number of sulfonamides is 1. The van der Waals surface area contributed by atoms with E-state index in [0.29, 0.717) is 5.75 Å². The molecule has 0 aliphatic heterocycles. The molecular formula is C13H17NO5S. The topological polar surface area (TPSA) is 81.7 Å². The number of hydrogen-bond acceptors (Lipinski definition) is 5. The second-order valence-electron chi connectivity index (χ2n) is 3.86. The zero-order valence-corrected chi connectivity index (χ0v) is 12.4. The van der Waals surface area contributed by atoms with Gasteiger partial charge in [-0.25, -0.2) is 13.2 Å². The normalized spacial score (nSPS) is 11.8. The second kappa shape index (κ2) is 6.95. The maximum absolute atomic E-state index is 12.0. The third kappa shape index (κ3) is 4.58. The lowest BCUT2D eigenvalue weighted by Crippen LogP contribution is -2.22. The Kier molecular flexibility index (Phi) is 5.57. The van der Waals surface area contributed by atoms with Crippen molar-refractivity contribution < 1.29 is 22.7 Å². The number of nitrogens with one attached hydrogen (secondary N) is 1. The highest BCUT2D eigenvalue weighted by atomic mass is 32.2. The van der Waals surface area contributed by atoms with E-state index in [1.807, 2.05) is 0 Å². The summed E-state index contributed by atoms with van der Waals surface area (Å²) in [5.74, 6) is -0.0369. The zero-order chi connectivity index (χ0) is 15.2. The molecule has 7 heteroatoms. The Labute approximate surface area is 118 Å². The van der Waals surface area contributed by atoms with Crippen LogP contribution in [0.4, 0.5) is 0 Å². The number of allylic oxidation sites excluding steroid dienone is 1. The highest BCUT2D eigenvalue weighted by Gasteiger charge is 2.14. The van der Waals surface area contributed by atoms with E-state index in [2.05, 4.69) is 4.72 Å². The van der Waals surface area contributed by atoms with E-state index in [1.165, 1.54) is 26.2 Å². The molecule has 0 aromatic heterocycles. The SMILES string of the molecule is CCOC(=O)/C=C(\C)NS(=O)(=O)c1ccc(OC)cc1. The fourth-order valence-electron chi connectivity index (χ4n) is 1.42. The van der Waals surface area contributed by atoms with Crippen LogP contribution in [0.1, 0.15) is 13.8 Å². The monoisotopic (exact) mass is 299 g/mol. The molecule has 0 aliphatic rings. The van der Waals surface area contributed by atoms with Crippen LogP contribution in [-0.4, -0.2) is 28.1 Å². The zero-order valence-electron chi connectivity index (χ0n) is 11.5. The minimum absolute atomic E-state index is 0.0786. The van der Waals surface area contributed by atoms with E-state index in [4.69, 9.17) is 9.47 Å². The fraction of sp³-hybridized carbons (Fsp3) is 0.308. The van der Waals surface area contributed by atoms with Gasteiger partial charge in [0.25, 0.3) is 10.0 Å². The molecular weight excluding hydrogens is 282 g/mol. The van der Waals surface area contributed by atoms with Gasteiger partial charge >= 0.3 is 5.97 Å². The van der Waals surface area contributed by atoms with Crippen LogP contribution in [0.5, 0.6) is 5.75 Å². The summed E-state index contributed by atoms with van der Waals surface area (Å²) in [7, 11) is -2.23. The Balaban J connectivity index is 2.86. The summed E-state index contributed by atoms with van der Waals surface area (Å²) < 4.78 is 36.0. The molecule has 0 bridgehead atoms. The van der Waals surface area contributed by atoms with Gasteiger partial charge in [-0.05, 0) is 38.1 Å².